The lowest BCUT2D eigenvalue weighted by Gasteiger charge is -2.42. The summed E-state index contributed by atoms with van der Waals surface area (Å²) in [6.07, 6.45) is 2.64. The van der Waals surface area contributed by atoms with E-state index in [-0.39, 0.29) is 0 Å². The molecule has 5 rings (SSSR count). The van der Waals surface area contributed by atoms with E-state index in [2.05, 4.69) is 41.0 Å². The Labute approximate surface area is 153 Å². The molecular formula is C20H27N3OS. The third-order valence-corrected chi connectivity index (χ3v) is 7.80. The van der Waals surface area contributed by atoms with Crippen molar-refractivity contribution >= 4 is 21.6 Å². The number of hydrogen-bond donors (Lipinski definition) is 0. The van der Waals surface area contributed by atoms with Gasteiger partial charge in [0, 0.05) is 18.5 Å². The molecule has 0 N–H and O–H groups in total. The van der Waals surface area contributed by atoms with Gasteiger partial charge in [-0.15, -0.1) is 11.3 Å². The van der Waals surface area contributed by atoms with Crippen molar-refractivity contribution in [2.75, 3.05) is 39.4 Å². The van der Waals surface area contributed by atoms with Crippen LogP contribution in [0.1, 0.15) is 24.8 Å². The Kier molecular flexibility index (Phi) is 4.08. The Morgan fingerprint density at radius 1 is 1.24 bits per heavy atom. The first kappa shape index (κ1) is 16.2. The van der Waals surface area contributed by atoms with Crippen molar-refractivity contribution in [2.45, 2.75) is 32.4 Å². The van der Waals surface area contributed by atoms with E-state index in [0.717, 1.165) is 31.2 Å². The van der Waals surface area contributed by atoms with Crippen LogP contribution < -0.4 is 0 Å². The quantitative estimate of drug-likeness (QED) is 0.843. The van der Waals surface area contributed by atoms with Gasteiger partial charge in [0.1, 0.15) is 5.01 Å². The highest BCUT2D eigenvalue weighted by atomic mass is 32.1. The van der Waals surface area contributed by atoms with E-state index in [0.29, 0.717) is 11.5 Å². The third-order valence-electron chi connectivity index (χ3n) is 6.78. The standard InChI is InChI=1S/C20H27N3OS/c1-2-23-14-20(15-12-24-13-17(15)23)7-9-22(10-8-20)11-19-21-16-5-3-4-6-18(16)25-19/h3-6,15,17H,2,7-14H2,1H3/t15-,17+/m0/s1. The van der Waals surface area contributed by atoms with Crippen LogP contribution in [0.25, 0.3) is 10.2 Å². The van der Waals surface area contributed by atoms with Gasteiger partial charge in [-0.3, -0.25) is 9.80 Å². The van der Waals surface area contributed by atoms with Crippen LogP contribution >= 0.6 is 11.3 Å². The fraction of sp³-hybridized carbons (Fsp3) is 0.650. The van der Waals surface area contributed by atoms with Gasteiger partial charge in [-0.05, 0) is 50.0 Å². The minimum absolute atomic E-state index is 0.501. The van der Waals surface area contributed by atoms with Crippen LogP contribution in [0.5, 0.6) is 0 Å². The lowest BCUT2D eigenvalue weighted by molar-refractivity contribution is 0.0477. The number of hydrogen-bond acceptors (Lipinski definition) is 5. The molecule has 0 aliphatic carbocycles. The average molecular weight is 358 g/mol. The smallest absolute Gasteiger partial charge is 0.108 e. The molecule has 5 heteroatoms. The molecule has 3 aliphatic heterocycles. The summed E-state index contributed by atoms with van der Waals surface area (Å²) in [6.45, 7) is 10.1. The van der Waals surface area contributed by atoms with Gasteiger partial charge in [-0.25, -0.2) is 4.98 Å². The van der Waals surface area contributed by atoms with Crippen molar-refractivity contribution in [1.29, 1.82) is 0 Å². The van der Waals surface area contributed by atoms with Gasteiger partial charge in [-0.2, -0.15) is 0 Å². The molecule has 4 heterocycles. The second kappa shape index (κ2) is 6.31. The largest absolute Gasteiger partial charge is 0.379 e. The zero-order valence-electron chi connectivity index (χ0n) is 15.0. The summed E-state index contributed by atoms with van der Waals surface area (Å²) in [4.78, 5) is 10.1. The molecule has 1 aromatic carbocycles. The molecule has 0 bridgehead atoms. The number of aromatic nitrogens is 1. The molecule has 1 aromatic heterocycles. The number of piperidine rings is 1. The summed E-state index contributed by atoms with van der Waals surface area (Å²) >= 11 is 1.85. The minimum atomic E-state index is 0.501. The number of nitrogens with zero attached hydrogens (tertiary/aromatic N) is 3. The fourth-order valence-corrected chi connectivity index (χ4v) is 6.35. The zero-order valence-corrected chi connectivity index (χ0v) is 15.8. The lowest BCUT2D eigenvalue weighted by atomic mass is 9.70. The Bertz CT molecular complexity index is 719. The molecule has 134 valence electrons. The number of para-hydroxylation sites is 1. The van der Waals surface area contributed by atoms with Crippen LogP contribution in [0, 0.1) is 11.3 Å². The van der Waals surface area contributed by atoms with Crippen molar-refractivity contribution in [1.82, 2.24) is 14.8 Å². The molecule has 2 atom stereocenters. The number of ether oxygens (including phenoxy) is 1. The summed E-state index contributed by atoms with van der Waals surface area (Å²) in [5, 5.41) is 1.26. The van der Waals surface area contributed by atoms with Crippen molar-refractivity contribution in [2.24, 2.45) is 11.3 Å². The van der Waals surface area contributed by atoms with Gasteiger partial charge in [0.25, 0.3) is 0 Å². The molecule has 3 aliphatic rings. The number of rotatable bonds is 3. The molecule has 0 amide bonds. The van der Waals surface area contributed by atoms with Gasteiger partial charge in [0.05, 0.1) is 30.0 Å². The highest BCUT2D eigenvalue weighted by molar-refractivity contribution is 7.18. The molecule has 3 saturated heterocycles. The normalized spacial score (nSPS) is 29.6. The number of likely N-dealkylation sites (tertiary alicyclic amines) is 2. The second-order valence-corrected chi connectivity index (χ2v) is 9.10. The maximum atomic E-state index is 5.86. The first-order valence-electron chi connectivity index (χ1n) is 9.66. The van der Waals surface area contributed by atoms with Gasteiger partial charge in [0.2, 0.25) is 0 Å². The highest BCUT2D eigenvalue weighted by Gasteiger charge is 2.54. The van der Waals surface area contributed by atoms with Crippen LogP contribution in [0.15, 0.2) is 24.3 Å². The topological polar surface area (TPSA) is 28.6 Å². The Balaban J connectivity index is 1.27. The summed E-state index contributed by atoms with van der Waals surface area (Å²) in [5.41, 5.74) is 1.65. The van der Waals surface area contributed by atoms with Crippen LogP contribution in [-0.2, 0) is 11.3 Å². The minimum Gasteiger partial charge on any atom is -0.379 e. The van der Waals surface area contributed by atoms with Crippen LogP contribution in [0.3, 0.4) is 0 Å². The van der Waals surface area contributed by atoms with Crippen molar-refractivity contribution < 1.29 is 4.74 Å². The van der Waals surface area contributed by atoms with Gasteiger partial charge >= 0.3 is 0 Å². The molecule has 1 spiro atoms. The molecule has 3 fully saturated rings. The number of thiazole rings is 1. The molecule has 0 radical (unpaired) electrons. The summed E-state index contributed by atoms with van der Waals surface area (Å²) in [6, 6.07) is 9.17. The maximum Gasteiger partial charge on any atom is 0.108 e. The van der Waals surface area contributed by atoms with Gasteiger partial charge < -0.3 is 4.74 Å². The van der Waals surface area contributed by atoms with E-state index in [1.165, 1.54) is 48.7 Å². The predicted molar refractivity (Wildman–Crippen MR) is 102 cm³/mol. The molecule has 0 saturated carbocycles. The van der Waals surface area contributed by atoms with Crippen LogP contribution in [-0.4, -0.2) is 60.2 Å². The number of likely N-dealkylation sites (N-methyl/N-ethyl adjacent to an activating group) is 1. The van der Waals surface area contributed by atoms with Gasteiger partial charge in [0.15, 0.2) is 0 Å². The van der Waals surface area contributed by atoms with E-state index in [1.807, 2.05) is 11.3 Å². The maximum absolute atomic E-state index is 5.86. The van der Waals surface area contributed by atoms with Crippen molar-refractivity contribution in [3.05, 3.63) is 29.3 Å². The van der Waals surface area contributed by atoms with Crippen LogP contribution in [0.2, 0.25) is 0 Å². The Morgan fingerprint density at radius 2 is 2.08 bits per heavy atom. The lowest BCUT2D eigenvalue weighted by Crippen LogP contribution is -2.44. The monoisotopic (exact) mass is 357 g/mol. The zero-order chi connectivity index (χ0) is 16.9. The highest BCUT2D eigenvalue weighted by Crippen LogP contribution is 2.50. The SMILES string of the molecule is CCN1CC2(CCN(Cc3nc4ccccc4s3)CC2)[C@H]2COC[C@H]21. The first-order valence-corrected chi connectivity index (χ1v) is 10.5. The molecule has 25 heavy (non-hydrogen) atoms. The molecular weight excluding hydrogens is 330 g/mol. The van der Waals surface area contributed by atoms with E-state index >= 15 is 0 Å². The van der Waals surface area contributed by atoms with E-state index < -0.39 is 0 Å². The molecule has 2 aromatic rings. The third kappa shape index (κ3) is 2.72. The van der Waals surface area contributed by atoms with E-state index in [9.17, 15) is 0 Å². The molecule has 4 nitrogen and oxygen atoms in total. The predicted octanol–water partition coefficient (Wildman–Crippen LogP) is 3.23. The summed E-state index contributed by atoms with van der Waals surface area (Å²) in [5.74, 6) is 0.761. The Morgan fingerprint density at radius 3 is 2.88 bits per heavy atom. The number of fused-ring (bicyclic) bond motifs is 3. The fourth-order valence-electron chi connectivity index (χ4n) is 5.34. The van der Waals surface area contributed by atoms with Gasteiger partial charge in [-0.1, -0.05) is 19.1 Å². The van der Waals surface area contributed by atoms with Crippen molar-refractivity contribution in [3.8, 4) is 0 Å². The second-order valence-electron chi connectivity index (χ2n) is 7.99. The average Bonchev–Trinajstić information content (AvgIpc) is 3.33. The Hall–Kier alpha value is -1.01. The summed E-state index contributed by atoms with van der Waals surface area (Å²) < 4.78 is 7.18. The van der Waals surface area contributed by atoms with Crippen LogP contribution in [0.4, 0.5) is 0 Å². The molecule has 0 unspecified atom stereocenters. The van der Waals surface area contributed by atoms with E-state index in [1.54, 1.807) is 0 Å². The first-order chi connectivity index (χ1) is 12.3. The van der Waals surface area contributed by atoms with Crippen molar-refractivity contribution in [3.63, 3.8) is 0 Å². The summed E-state index contributed by atoms with van der Waals surface area (Å²) in [7, 11) is 0. The number of benzene rings is 1. The van der Waals surface area contributed by atoms with E-state index in [4.69, 9.17) is 9.72 Å².